The van der Waals surface area contributed by atoms with Crippen molar-refractivity contribution in [2.75, 3.05) is 6.61 Å². The van der Waals surface area contributed by atoms with Gasteiger partial charge in [0.1, 0.15) is 0 Å². The van der Waals surface area contributed by atoms with Gasteiger partial charge in [-0.25, -0.2) is 4.98 Å². The Kier molecular flexibility index (Phi) is 4.28. The van der Waals surface area contributed by atoms with Crippen molar-refractivity contribution in [3.05, 3.63) is 29.3 Å². The number of amides is 1. The standard InChI is InChI=1S/C13H16N2O2S/c1-2-10(5-6-16)15-13(17)9-3-4-11-12(7-9)18-8-14-11/h3-4,7-8,10,16H,2,5-6H2,1H3,(H,15,17). The zero-order chi connectivity index (χ0) is 13.0. The van der Waals surface area contributed by atoms with Crippen LogP contribution in [-0.4, -0.2) is 28.6 Å². The summed E-state index contributed by atoms with van der Waals surface area (Å²) in [5.74, 6) is -0.0920. The van der Waals surface area contributed by atoms with Crippen LogP contribution in [0.2, 0.25) is 0 Å². The Morgan fingerprint density at radius 1 is 1.56 bits per heavy atom. The fourth-order valence-electron chi connectivity index (χ4n) is 1.80. The van der Waals surface area contributed by atoms with Crippen molar-refractivity contribution in [2.24, 2.45) is 0 Å². The Bertz CT molecular complexity index is 539. The Balaban J connectivity index is 2.12. The summed E-state index contributed by atoms with van der Waals surface area (Å²) in [6.45, 7) is 2.08. The van der Waals surface area contributed by atoms with Crippen LogP contribution in [-0.2, 0) is 0 Å². The molecule has 0 spiro atoms. The smallest absolute Gasteiger partial charge is 0.251 e. The SMILES string of the molecule is CCC(CCO)NC(=O)c1ccc2ncsc2c1. The molecular formula is C13H16N2O2S. The number of carbonyl (C=O) groups excluding carboxylic acids is 1. The van der Waals surface area contributed by atoms with Crippen LogP contribution >= 0.6 is 11.3 Å². The highest BCUT2D eigenvalue weighted by Crippen LogP contribution is 2.19. The van der Waals surface area contributed by atoms with E-state index in [1.807, 2.05) is 19.1 Å². The number of aromatic nitrogens is 1. The van der Waals surface area contributed by atoms with Crippen molar-refractivity contribution in [1.82, 2.24) is 10.3 Å². The lowest BCUT2D eigenvalue weighted by molar-refractivity contribution is 0.0929. The van der Waals surface area contributed by atoms with Gasteiger partial charge in [-0.2, -0.15) is 0 Å². The molecule has 1 atom stereocenters. The van der Waals surface area contributed by atoms with E-state index < -0.39 is 0 Å². The first kappa shape index (κ1) is 13.0. The summed E-state index contributed by atoms with van der Waals surface area (Å²) in [5, 5.41) is 11.8. The summed E-state index contributed by atoms with van der Waals surface area (Å²) >= 11 is 1.52. The van der Waals surface area contributed by atoms with Crippen LogP contribution in [0.25, 0.3) is 10.2 Å². The summed E-state index contributed by atoms with van der Waals surface area (Å²) in [4.78, 5) is 16.2. The first-order valence-electron chi connectivity index (χ1n) is 5.99. The minimum Gasteiger partial charge on any atom is -0.396 e. The van der Waals surface area contributed by atoms with Gasteiger partial charge in [-0.05, 0) is 31.0 Å². The van der Waals surface area contributed by atoms with Gasteiger partial charge in [0.25, 0.3) is 5.91 Å². The van der Waals surface area contributed by atoms with Gasteiger partial charge in [-0.1, -0.05) is 6.92 Å². The molecule has 96 valence electrons. The molecule has 1 aromatic carbocycles. The number of nitrogens with one attached hydrogen (secondary N) is 1. The van der Waals surface area contributed by atoms with Crippen molar-refractivity contribution in [3.63, 3.8) is 0 Å². The highest BCUT2D eigenvalue weighted by molar-refractivity contribution is 7.16. The topological polar surface area (TPSA) is 62.2 Å². The van der Waals surface area contributed by atoms with Gasteiger partial charge in [-0.15, -0.1) is 11.3 Å². The predicted octanol–water partition coefficient (Wildman–Crippen LogP) is 2.19. The molecule has 0 aliphatic rings. The monoisotopic (exact) mass is 264 g/mol. The van der Waals surface area contributed by atoms with Gasteiger partial charge in [0.05, 0.1) is 15.7 Å². The van der Waals surface area contributed by atoms with E-state index in [9.17, 15) is 4.79 Å². The third kappa shape index (κ3) is 2.86. The van der Waals surface area contributed by atoms with Crippen molar-refractivity contribution < 1.29 is 9.90 Å². The Hall–Kier alpha value is -1.46. The second-order valence-corrected chi connectivity index (χ2v) is 5.01. The van der Waals surface area contributed by atoms with Crippen LogP contribution < -0.4 is 5.32 Å². The summed E-state index contributed by atoms with van der Waals surface area (Å²) < 4.78 is 1.01. The lowest BCUT2D eigenvalue weighted by Crippen LogP contribution is -2.35. The molecule has 0 fully saturated rings. The third-order valence-corrected chi connectivity index (χ3v) is 3.69. The Morgan fingerprint density at radius 3 is 3.11 bits per heavy atom. The normalized spacial score (nSPS) is 12.6. The number of aliphatic hydroxyl groups is 1. The summed E-state index contributed by atoms with van der Waals surface area (Å²) in [6, 6.07) is 5.52. The van der Waals surface area contributed by atoms with E-state index in [-0.39, 0.29) is 18.6 Å². The number of benzene rings is 1. The molecule has 0 bridgehead atoms. The molecule has 0 radical (unpaired) electrons. The predicted molar refractivity (Wildman–Crippen MR) is 72.9 cm³/mol. The van der Waals surface area contributed by atoms with Crippen LogP contribution in [0.4, 0.5) is 0 Å². The van der Waals surface area contributed by atoms with Crippen molar-refractivity contribution in [1.29, 1.82) is 0 Å². The summed E-state index contributed by atoms with van der Waals surface area (Å²) in [7, 11) is 0. The number of aliphatic hydroxyl groups excluding tert-OH is 1. The molecule has 1 amide bonds. The second-order valence-electron chi connectivity index (χ2n) is 4.13. The van der Waals surface area contributed by atoms with E-state index in [0.29, 0.717) is 12.0 Å². The fraction of sp³-hybridized carbons (Fsp3) is 0.385. The molecule has 1 heterocycles. The van der Waals surface area contributed by atoms with E-state index in [4.69, 9.17) is 5.11 Å². The number of hydrogen-bond acceptors (Lipinski definition) is 4. The van der Waals surface area contributed by atoms with Crippen LogP contribution in [0.5, 0.6) is 0 Å². The van der Waals surface area contributed by atoms with Crippen LogP contribution in [0.3, 0.4) is 0 Å². The average molecular weight is 264 g/mol. The van der Waals surface area contributed by atoms with E-state index in [2.05, 4.69) is 10.3 Å². The Morgan fingerprint density at radius 2 is 2.39 bits per heavy atom. The van der Waals surface area contributed by atoms with Gasteiger partial charge in [0, 0.05) is 18.2 Å². The minimum absolute atomic E-state index is 0.0275. The molecule has 2 rings (SSSR count). The molecule has 1 unspecified atom stereocenters. The molecule has 0 aliphatic carbocycles. The maximum atomic E-state index is 12.0. The molecule has 0 saturated carbocycles. The van der Waals surface area contributed by atoms with Gasteiger partial charge in [0.15, 0.2) is 0 Å². The highest BCUT2D eigenvalue weighted by Gasteiger charge is 2.12. The number of thiazole rings is 1. The largest absolute Gasteiger partial charge is 0.396 e. The van der Waals surface area contributed by atoms with E-state index in [1.54, 1.807) is 11.6 Å². The maximum Gasteiger partial charge on any atom is 0.251 e. The first-order chi connectivity index (χ1) is 8.74. The summed E-state index contributed by atoms with van der Waals surface area (Å²) in [6.07, 6.45) is 1.40. The van der Waals surface area contributed by atoms with E-state index >= 15 is 0 Å². The van der Waals surface area contributed by atoms with Gasteiger partial charge < -0.3 is 10.4 Å². The van der Waals surface area contributed by atoms with E-state index in [1.165, 1.54) is 11.3 Å². The zero-order valence-electron chi connectivity index (χ0n) is 10.2. The second kappa shape index (κ2) is 5.93. The number of rotatable bonds is 5. The third-order valence-electron chi connectivity index (χ3n) is 2.90. The van der Waals surface area contributed by atoms with Crippen molar-refractivity contribution >= 4 is 27.5 Å². The first-order valence-corrected chi connectivity index (χ1v) is 6.87. The fourth-order valence-corrected chi connectivity index (χ4v) is 2.52. The van der Waals surface area contributed by atoms with Crippen LogP contribution in [0.1, 0.15) is 30.1 Å². The highest BCUT2D eigenvalue weighted by atomic mass is 32.1. The van der Waals surface area contributed by atoms with Gasteiger partial charge in [0.2, 0.25) is 0 Å². The number of nitrogens with zero attached hydrogens (tertiary/aromatic N) is 1. The van der Waals surface area contributed by atoms with Gasteiger partial charge >= 0.3 is 0 Å². The maximum absolute atomic E-state index is 12.0. The summed E-state index contributed by atoms with van der Waals surface area (Å²) in [5.41, 5.74) is 3.33. The number of fused-ring (bicyclic) bond motifs is 1. The van der Waals surface area contributed by atoms with Crippen molar-refractivity contribution in [3.8, 4) is 0 Å². The molecule has 2 N–H and O–H groups in total. The van der Waals surface area contributed by atoms with Crippen molar-refractivity contribution in [2.45, 2.75) is 25.8 Å². The molecule has 4 nitrogen and oxygen atoms in total. The lowest BCUT2D eigenvalue weighted by atomic mass is 10.1. The molecular weight excluding hydrogens is 248 g/mol. The Labute approximate surface area is 110 Å². The quantitative estimate of drug-likeness (QED) is 0.870. The number of hydrogen-bond donors (Lipinski definition) is 2. The molecule has 0 saturated heterocycles. The molecule has 0 aliphatic heterocycles. The van der Waals surface area contributed by atoms with Crippen LogP contribution in [0, 0.1) is 0 Å². The minimum atomic E-state index is -0.0920. The van der Waals surface area contributed by atoms with Gasteiger partial charge in [-0.3, -0.25) is 4.79 Å². The lowest BCUT2D eigenvalue weighted by Gasteiger charge is -2.15. The average Bonchev–Trinajstić information content (AvgIpc) is 2.85. The molecule has 1 aromatic heterocycles. The van der Waals surface area contributed by atoms with E-state index in [0.717, 1.165) is 16.6 Å². The zero-order valence-corrected chi connectivity index (χ0v) is 11.0. The molecule has 2 aromatic rings. The molecule has 5 heteroatoms. The van der Waals surface area contributed by atoms with Crippen LogP contribution in [0.15, 0.2) is 23.7 Å². The number of carbonyl (C=O) groups is 1. The molecule has 18 heavy (non-hydrogen) atoms.